The molecular weight excluding hydrogens is 539 g/mol. The van der Waals surface area contributed by atoms with E-state index in [2.05, 4.69) is 16.7 Å². The van der Waals surface area contributed by atoms with Crippen molar-refractivity contribution in [2.45, 2.75) is 63.3 Å². The number of benzene rings is 2. The Bertz CT molecular complexity index is 1200. The Morgan fingerprint density at radius 1 is 1.29 bits per heavy atom. The minimum absolute atomic E-state index is 0.00982. The molecule has 1 aliphatic rings. The van der Waals surface area contributed by atoms with E-state index in [0.717, 1.165) is 6.07 Å². The third kappa shape index (κ3) is 6.38. The predicted octanol–water partition coefficient (Wildman–Crippen LogP) is 5.02. The monoisotopic (exact) mass is 569 g/mol. The van der Waals surface area contributed by atoms with E-state index in [1.165, 1.54) is 30.3 Å². The molecule has 0 radical (unpaired) electrons. The van der Waals surface area contributed by atoms with E-state index in [-0.39, 0.29) is 39.6 Å². The summed E-state index contributed by atoms with van der Waals surface area (Å²) in [5.74, 6) is -2.77. The smallest absolute Gasteiger partial charge is 0.408 e. The molecule has 1 heterocycles. The number of ether oxygens (including phenoxy) is 1. The van der Waals surface area contributed by atoms with Gasteiger partial charge in [-0.2, -0.15) is 5.26 Å². The van der Waals surface area contributed by atoms with Crippen LogP contribution in [0.15, 0.2) is 36.4 Å². The molecule has 1 amide bonds. The molecule has 2 aromatic carbocycles. The van der Waals surface area contributed by atoms with E-state index in [9.17, 15) is 15.2 Å². The van der Waals surface area contributed by atoms with Crippen LogP contribution in [0, 0.1) is 28.4 Å². The summed E-state index contributed by atoms with van der Waals surface area (Å²) in [6.45, 7) is 5.35. The summed E-state index contributed by atoms with van der Waals surface area (Å²) in [5, 5.41) is 34.8. The summed E-state index contributed by atoms with van der Waals surface area (Å²) >= 11 is 12.1. The Labute approximate surface area is 230 Å². The minimum atomic E-state index is -1.73. The third-order valence-electron chi connectivity index (χ3n) is 6.59. The van der Waals surface area contributed by atoms with Gasteiger partial charge in [-0.05, 0) is 42.0 Å². The van der Waals surface area contributed by atoms with Crippen LogP contribution in [0.5, 0.6) is 0 Å². The summed E-state index contributed by atoms with van der Waals surface area (Å²) < 4.78 is 36.7. The van der Waals surface area contributed by atoms with Crippen LogP contribution in [0.3, 0.4) is 0 Å². The van der Waals surface area contributed by atoms with Gasteiger partial charge in [-0.1, -0.05) is 62.2 Å². The Balaban J connectivity index is 2.16. The number of carbonyl (C=O) groups excluding carboxylic acids is 1. The number of nitriles is 1. The fraction of sp³-hybridized carbons (Fsp3) is 0.481. The first-order valence-corrected chi connectivity index (χ1v) is 12.9. The van der Waals surface area contributed by atoms with E-state index >= 15 is 8.78 Å². The molecule has 2 aromatic rings. The number of hydrogen-bond donors (Lipinski definition) is 4. The van der Waals surface area contributed by atoms with Gasteiger partial charge in [0, 0.05) is 23.2 Å². The minimum Gasteiger partial charge on any atom is -0.430 e. The van der Waals surface area contributed by atoms with Gasteiger partial charge in [0.15, 0.2) is 6.23 Å². The van der Waals surface area contributed by atoms with Gasteiger partial charge in [-0.3, -0.25) is 5.32 Å². The Kier molecular flexibility index (Phi) is 9.61. The first-order chi connectivity index (χ1) is 17.8. The Morgan fingerprint density at radius 2 is 2.00 bits per heavy atom. The molecule has 1 fully saturated rings. The number of nitrogens with zero attached hydrogens (tertiary/aromatic N) is 1. The number of nitrogens with one attached hydrogen (secondary N) is 2. The topological polar surface area (TPSA) is 115 Å². The maximum Gasteiger partial charge on any atom is 0.408 e. The number of carbonyl (C=O) groups is 1. The van der Waals surface area contributed by atoms with Crippen molar-refractivity contribution in [2.24, 2.45) is 5.41 Å². The van der Waals surface area contributed by atoms with Gasteiger partial charge >= 0.3 is 6.09 Å². The van der Waals surface area contributed by atoms with E-state index in [4.69, 9.17) is 33.0 Å². The summed E-state index contributed by atoms with van der Waals surface area (Å²) in [6, 6.07) is 9.70. The van der Waals surface area contributed by atoms with Crippen LogP contribution < -0.4 is 10.6 Å². The quantitative estimate of drug-likeness (QED) is 0.355. The second kappa shape index (κ2) is 12.1. The zero-order chi connectivity index (χ0) is 28.3. The lowest BCUT2D eigenvalue weighted by Crippen LogP contribution is -2.44. The molecule has 5 atom stereocenters. The predicted molar refractivity (Wildman–Crippen MR) is 140 cm³/mol. The molecular formula is C27H31Cl2F2N3O4. The van der Waals surface area contributed by atoms with Crippen LogP contribution in [0.2, 0.25) is 10.0 Å². The van der Waals surface area contributed by atoms with Crippen molar-refractivity contribution in [3.63, 3.8) is 0 Å². The SMILES string of the molecule is CC(C)(C)C[C@@H]1N[C@H](OC(=O)NCC[C@H](O)CO)[C@H](c2cccc(Cl)c2F)[C@@]1(C#N)c1ccc(Cl)cc1F. The van der Waals surface area contributed by atoms with E-state index in [1.807, 2.05) is 20.8 Å². The van der Waals surface area contributed by atoms with Crippen molar-refractivity contribution in [2.75, 3.05) is 13.2 Å². The fourth-order valence-electron chi connectivity index (χ4n) is 4.96. The lowest BCUT2D eigenvalue weighted by Gasteiger charge is -2.37. The number of rotatable bonds is 8. The maximum atomic E-state index is 15.5. The van der Waals surface area contributed by atoms with Crippen LogP contribution in [-0.4, -0.2) is 47.8 Å². The van der Waals surface area contributed by atoms with Crippen LogP contribution in [0.4, 0.5) is 13.6 Å². The fourth-order valence-corrected chi connectivity index (χ4v) is 5.30. The Morgan fingerprint density at radius 3 is 2.61 bits per heavy atom. The lowest BCUT2D eigenvalue weighted by atomic mass is 9.63. The zero-order valence-electron chi connectivity index (χ0n) is 21.3. The van der Waals surface area contributed by atoms with Gasteiger partial charge in [-0.25, -0.2) is 13.6 Å². The van der Waals surface area contributed by atoms with Crippen LogP contribution in [0.25, 0.3) is 0 Å². The first-order valence-electron chi connectivity index (χ1n) is 12.1. The van der Waals surface area contributed by atoms with Gasteiger partial charge in [0.05, 0.1) is 29.7 Å². The highest BCUT2D eigenvalue weighted by Gasteiger charge is 2.61. The van der Waals surface area contributed by atoms with Crippen molar-refractivity contribution in [1.29, 1.82) is 5.26 Å². The second-order valence-corrected chi connectivity index (χ2v) is 11.4. The third-order valence-corrected chi connectivity index (χ3v) is 7.12. The number of alkyl carbamates (subject to hydrolysis) is 1. The molecule has 3 rings (SSSR count). The van der Waals surface area contributed by atoms with Gasteiger partial charge in [0.1, 0.15) is 17.0 Å². The standard InChI is InChI=1S/C27H31Cl2F2N3O4/c1-26(2,3)12-21-27(14-32,18-8-7-15(28)11-20(18)30)22(17-5-4-6-19(29)23(17)31)24(34-21)38-25(37)33-10-9-16(36)13-35/h4-8,11,16,21-22,24,34-36H,9-10,12-13H2,1-3H3,(H,33,37)/t16-,21-,22-,24+,27-/m0/s1. The molecule has 0 unspecified atom stereocenters. The molecule has 0 saturated carbocycles. The van der Waals surface area contributed by atoms with Gasteiger partial charge < -0.3 is 20.3 Å². The van der Waals surface area contributed by atoms with Crippen molar-refractivity contribution in [3.8, 4) is 6.07 Å². The summed E-state index contributed by atoms with van der Waals surface area (Å²) in [4.78, 5) is 12.7. The highest BCUT2D eigenvalue weighted by Crippen LogP contribution is 2.52. The number of halogens is 4. The molecule has 1 saturated heterocycles. The Hall–Kier alpha value is -2.48. The molecule has 0 bridgehead atoms. The van der Waals surface area contributed by atoms with Gasteiger partial charge in [0.25, 0.3) is 0 Å². The van der Waals surface area contributed by atoms with Crippen molar-refractivity contribution >= 4 is 29.3 Å². The zero-order valence-corrected chi connectivity index (χ0v) is 22.8. The van der Waals surface area contributed by atoms with Crippen molar-refractivity contribution < 1.29 is 28.5 Å². The van der Waals surface area contributed by atoms with E-state index in [0.29, 0.717) is 6.42 Å². The number of aliphatic hydroxyl groups excluding tert-OH is 2. The number of aliphatic hydroxyl groups is 2. The summed E-state index contributed by atoms with van der Waals surface area (Å²) in [5.41, 5.74) is -2.14. The van der Waals surface area contributed by atoms with Crippen LogP contribution >= 0.6 is 23.2 Å². The first kappa shape index (κ1) is 30.1. The van der Waals surface area contributed by atoms with Crippen molar-refractivity contribution in [3.05, 3.63) is 69.2 Å². The molecule has 206 valence electrons. The van der Waals surface area contributed by atoms with Crippen LogP contribution in [0.1, 0.15) is 50.7 Å². The molecule has 1 aliphatic heterocycles. The number of hydrogen-bond acceptors (Lipinski definition) is 6. The average Bonchev–Trinajstić information content (AvgIpc) is 3.12. The highest BCUT2D eigenvalue weighted by atomic mass is 35.5. The highest BCUT2D eigenvalue weighted by molar-refractivity contribution is 6.31. The summed E-state index contributed by atoms with van der Waals surface area (Å²) in [7, 11) is 0. The van der Waals surface area contributed by atoms with Crippen LogP contribution in [-0.2, 0) is 10.2 Å². The largest absolute Gasteiger partial charge is 0.430 e. The normalized spacial score (nSPS) is 24.1. The van der Waals surface area contributed by atoms with Gasteiger partial charge in [0.2, 0.25) is 0 Å². The van der Waals surface area contributed by atoms with Gasteiger partial charge in [-0.15, -0.1) is 0 Å². The molecule has 38 heavy (non-hydrogen) atoms. The molecule has 7 nitrogen and oxygen atoms in total. The van der Waals surface area contributed by atoms with E-state index < -0.39 is 54.0 Å². The number of amides is 1. The average molecular weight is 570 g/mol. The summed E-state index contributed by atoms with van der Waals surface area (Å²) in [6.07, 6.45) is -2.78. The molecule has 0 aliphatic carbocycles. The second-order valence-electron chi connectivity index (χ2n) is 10.6. The van der Waals surface area contributed by atoms with E-state index in [1.54, 1.807) is 0 Å². The molecule has 4 N–H and O–H groups in total. The lowest BCUT2D eigenvalue weighted by molar-refractivity contribution is 0.0684. The molecule has 11 heteroatoms. The maximum absolute atomic E-state index is 15.5. The molecule has 0 spiro atoms. The van der Waals surface area contributed by atoms with Crippen molar-refractivity contribution in [1.82, 2.24) is 10.6 Å². The molecule has 0 aromatic heterocycles.